The predicted octanol–water partition coefficient (Wildman–Crippen LogP) is 2.12. The van der Waals surface area contributed by atoms with Crippen LogP contribution in [0.5, 0.6) is 5.75 Å². The van der Waals surface area contributed by atoms with Crippen LogP contribution in [0.15, 0.2) is 29.9 Å². The molecular formula is C13H13N3O2S. The van der Waals surface area contributed by atoms with E-state index < -0.39 is 0 Å². The highest BCUT2D eigenvalue weighted by molar-refractivity contribution is 7.09. The lowest BCUT2D eigenvalue weighted by atomic mass is 10.2. The molecule has 1 atom stereocenters. The average Bonchev–Trinajstić information content (AvgIpc) is 3.11. The quantitative estimate of drug-likeness (QED) is 0.896. The van der Waals surface area contributed by atoms with E-state index in [0.717, 1.165) is 17.8 Å². The van der Waals surface area contributed by atoms with Gasteiger partial charge in [0.15, 0.2) is 5.69 Å². The molecule has 0 aliphatic heterocycles. The zero-order valence-corrected chi connectivity index (χ0v) is 10.9. The third-order valence-electron chi connectivity index (χ3n) is 3.10. The van der Waals surface area contributed by atoms with E-state index in [1.807, 2.05) is 5.38 Å². The SMILES string of the molecule is O=C(NC(c1nccs1)C1CC1)c1ncccc1O. The normalized spacial score (nSPS) is 16.0. The van der Waals surface area contributed by atoms with E-state index in [4.69, 9.17) is 0 Å². The molecule has 98 valence electrons. The van der Waals surface area contributed by atoms with Gasteiger partial charge < -0.3 is 10.4 Å². The second-order valence-electron chi connectivity index (χ2n) is 4.53. The van der Waals surface area contributed by atoms with Crippen molar-refractivity contribution in [2.45, 2.75) is 18.9 Å². The number of aromatic hydroxyl groups is 1. The van der Waals surface area contributed by atoms with Gasteiger partial charge in [0.25, 0.3) is 5.91 Å². The second kappa shape index (κ2) is 4.97. The van der Waals surface area contributed by atoms with Crippen LogP contribution in [0.3, 0.4) is 0 Å². The summed E-state index contributed by atoms with van der Waals surface area (Å²) in [6, 6.07) is 2.97. The summed E-state index contributed by atoms with van der Waals surface area (Å²) in [5.74, 6) is -0.0140. The van der Waals surface area contributed by atoms with Crippen LogP contribution in [0.25, 0.3) is 0 Å². The number of nitrogens with one attached hydrogen (secondary N) is 1. The first-order valence-electron chi connectivity index (χ1n) is 6.10. The van der Waals surface area contributed by atoms with Crippen molar-refractivity contribution in [3.05, 3.63) is 40.6 Å². The van der Waals surface area contributed by atoms with Gasteiger partial charge in [-0.3, -0.25) is 4.79 Å². The summed E-state index contributed by atoms with van der Waals surface area (Å²) < 4.78 is 0. The number of amides is 1. The fraction of sp³-hybridized carbons (Fsp3) is 0.308. The van der Waals surface area contributed by atoms with Crippen molar-refractivity contribution in [1.29, 1.82) is 0 Å². The Morgan fingerprint density at radius 3 is 2.89 bits per heavy atom. The number of carbonyl (C=O) groups is 1. The number of hydrogen-bond donors (Lipinski definition) is 2. The summed E-state index contributed by atoms with van der Waals surface area (Å²) in [6.45, 7) is 0. The minimum absolute atomic E-state index is 0.0599. The van der Waals surface area contributed by atoms with E-state index in [1.54, 1.807) is 12.3 Å². The molecule has 6 heteroatoms. The molecule has 1 unspecified atom stereocenters. The van der Waals surface area contributed by atoms with Crippen molar-refractivity contribution in [2.24, 2.45) is 5.92 Å². The summed E-state index contributed by atoms with van der Waals surface area (Å²) in [7, 11) is 0. The highest BCUT2D eigenvalue weighted by atomic mass is 32.1. The maximum absolute atomic E-state index is 12.1. The first-order valence-corrected chi connectivity index (χ1v) is 6.98. The van der Waals surface area contributed by atoms with Gasteiger partial charge in [0.2, 0.25) is 0 Å². The molecule has 1 amide bonds. The third kappa shape index (κ3) is 2.58. The Morgan fingerprint density at radius 2 is 2.26 bits per heavy atom. The Balaban J connectivity index is 1.79. The lowest BCUT2D eigenvalue weighted by Gasteiger charge is -2.15. The monoisotopic (exact) mass is 275 g/mol. The molecule has 0 saturated heterocycles. The van der Waals surface area contributed by atoms with Crippen LogP contribution in [0.4, 0.5) is 0 Å². The van der Waals surface area contributed by atoms with Gasteiger partial charge in [0.05, 0.1) is 6.04 Å². The van der Waals surface area contributed by atoms with Crippen molar-refractivity contribution in [3.63, 3.8) is 0 Å². The lowest BCUT2D eigenvalue weighted by Crippen LogP contribution is -2.30. The van der Waals surface area contributed by atoms with Gasteiger partial charge in [-0.1, -0.05) is 0 Å². The highest BCUT2D eigenvalue weighted by Gasteiger charge is 2.35. The van der Waals surface area contributed by atoms with Crippen LogP contribution < -0.4 is 5.32 Å². The first-order chi connectivity index (χ1) is 9.25. The first kappa shape index (κ1) is 12.1. The average molecular weight is 275 g/mol. The third-order valence-corrected chi connectivity index (χ3v) is 3.96. The minimum atomic E-state index is -0.356. The van der Waals surface area contributed by atoms with Crippen molar-refractivity contribution in [1.82, 2.24) is 15.3 Å². The maximum Gasteiger partial charge on any atom is 0.274 e. The molecule has 0 bridgehead atoms. The van der Waals surface area contributed by atoms with Crippen molar-refractivity contribution < 1.29 is 9.90 Å². The molecule has 1 fully saturated rings. The van der Waals surface area contributed by atoms with Gasteiger partial charge in [-0.25, -0.2) is 9.97 Å². The molecule has 2 aromatic heterocycles. The summed E-state index contributed by atoms with van der Waals surface area (Å²) in [5.41, 5.74) is 0.0599. The van der Waals surface area contributed by atoms with Crippen molar-refractivity contribution in [2.75, 3.05) is 0 Å². The minimum Gasteiger partial charge on any atom is -0.505 e. The standard InChI is InChI=1S/C13H13N3O2S/c17-9-2-1-5-14-11(9)12(18)16-10(8-3-4-8)13-15-6-7-19-13/h1-2,5-8,10,17H,3-4H2,(H,16,18). The van der Waals surface area contributed by atoms with E-state index >= 15 is 0 Å². The molecule has 3 rings (SSSR count). The van der Waals surface area contributed by atoms with Crippen LogP contribution in [-0.4, -0.2) is 21.0 Å². The largest absolute Gasteiger partial charge is 0.505 e. The predicted molar refractivity (Wildman–Crippen MR) is 70.9 cm³/mol. The van der Waals surface area contributed by atoms with Gasteiger partial charge in [0.1, 0.15) is 10.8 Å². The van der Waals surface area contributed by atoms with Gasteiger partial charge in [-0.15, -0.1) is 11.3 Å². The number of pyridine rings is 1. The Bertz CT molecular complexity index is 581. The molecule has 2 heterocycles. The van der Waals surface area contributed by atoms with E-state index in [2.05, 4.69) is 15.3 Å². The molecule has 1 aliphatic carbocycles. The fourth-order valence-corrected chi connectivity index (χ4v) is 2.76. The van der Waals surface area contributed by atoms with Crippen LogP contribution in [0.2, 0.25) is 0 Å². The van der Waals surface area contributed by atoms with Gasteiger partial charge in [-0.05, 0) is 30.9 Å². The van der Waals surface area contributed by atoms with Crippen LogP contribution in [-0.2, 0) is 0 Å². The molecule has 19 heavy (non-hydrogen) atoms. The Labute approximate surface area is 114 Å². The number of hydrogen-bond acceptors (Lipinski definition) is 5. The molecule has 2 aromatic rings. The molecule has 0 aromatic carbocycles. The summed E-state index contributed by atoms with van der Waals surface area (Å²) >= 11 is 1.53. The second-order valence-corrected chi connectivity index (χ2v) is 5.46. The summed E-state index contributed by atoms with van der Waals surface area (Å²) in [6.07, 6.45) is 5.42. The number of rotatable bonds is 4. The van der Waals surface area contributed by atoms with Crippen LogP contribution >= 0.6 is 11.3 Å². The van der Waals surface area contributed by atoms with Gasteiger partial charge >= 0.3 is 0 Å². The van der Waals surface area contributed by atoms with E-state index in [0.29, 0.717) is 5.92 Å². The molecule has 1 saturated carbocycles. The zero-order chi connectivity index (χ0) is 13.2. The number of aromatic nitrogens is 2. The Morgan fingerprint density at radius 1 is 1.42 bits per heavy atom. The Hall–Kier alpha value is -1.95. The van der Waals surface area contributed by atoms with E-state index in [1.165, 1.54) is 23.6 Å². The molecule has 0 radical (unpaired) electrons. The molecule has 0 spiro atoms. The summed E-state index contributed by atoms with van der Waals surface area (Å²) in [4.78, 5) is 20.3. The maximum atomic E-state index is 12.1. The van der Waals surface area contributed by atoms with Gasteiger partial charge in [-0.2, -0.15) is 0 Å². The van der Waals surface area contributed by atoms with E-state index in [9.17, 15) is 9.90 Å². The summed E-state index contributed by atoms with van der Waals surface area (Å²) in [5, 5.41) is 15.4. The fourth-order valence-electron chi connectivity index (χ4n) is 1.98. The smallest absolute Gasteiger partial charge is 0.274 e. The molecule has 2 N–H and O–H groups in total. The molecule has 1 aliphatic rings. The van der Waals surface area contributed by atoms with Gasteiger partial charge in [0, 0.05) is 17.8 Å². The Kier molecular flexibility index (Phi) is 3.16. The molecule has 5 nitrogen and oxygen atoms in total. The number of carbonyl (C=O) groups excluding carboxylic acids is 1. The lowest BCUT2D eigenvalue weighted by molar-refractivity contribution is 0.0923. The van der Waals surface area contributed by atoms with Crippen LogP contribution in [0, 0.1) is 5.92 Å². The number of nitrogens with zero attached hydrogens (tertiary/aromatic N) is 2. The van der Waals surface area contributed by atoms with E-state index in [-0.39, 0.29) is 23.4 Å². The van der Waals surface area contributed by atoms with Crippen molar-refractivity contribution >= 4 is 17.2 Å². The van der Waals surface area contributed by atoms with Crippen molar-refractivity contribution in [3.8, 4) is 5.75 Å². The number of thiazole rings is 1. The zero-order valence-electron chi connectivity index (χ0n) is 10.1. The highest BCUT2D eigenvalue weighted by Crippen LogP contribution is 2.41. The topological polar surface area (TPSA) is 75.1 Å². The molecular weight excluding hydrogens is 262 g/mol. The van der Waals surface area contributed by atoms with Crippen LogP contribution in [0.1, 0.15) is 34.4 Å².